The van der Waals surface area contributed by atoms with Crippen LogP contribution in [0.15, 0.2) is 29.4 Å². The van der Waals surface area contributed by atoms with Crippen molar-refractivity contribution in [2.75, 3.05) is 12.0 Å². The highest BCUT2D eigenvalue weighted by Gasteiger charge is 2.20. The van der Waals surface area contributed by atoms with Gasteiger partial charge in [-0.25, -0.2) is 4.98 Å². The van der Waals surface area contributed by atoms with Gasteiger partial charge in [0.25, 0.3) is 0 Å². The van der Waals surface area contributed by atoms with E-state index < -0.39 is 0 Å². The van der Waals surface area contributed by atoms with Gasteiger partial charge in [-0.3, -0.25) is 0 Å². The van der Waals surface area contributed by atoms with Gasteiger partial charge >= 0.3 is 0 Å². The largest absolute Gasteiger partial charge is 0.368 e. The van der Waals surface area contributed by atoms with E-state index in [0.29, 0.717) is 11.0 Å². The average Bonchev–Trinajstić information content (AvgIpc) is 2.37. The molecular formula is C14H18N4S. The van der Waals surface area contributed by atoms with E-state index in [2.05, 4.69) is 41.8 Å². The zero-order chi connectivity index (χ0) is 14.0. The summed E-state index contributed by atoms with van der Waals surface area (Å²) in [6.45, 7) is 6.52. The first kappa shape index (κ1) is 13.8. The molecule has 19 heavy (non-hydrogen) atoms. The van der Waals surface area contributed by atoms with Crippen LogP contribution in [-0.4, -0.2) is 21.2 Å². The number of hydrogen-bond donors (Lipinski definition) is 1. The van der Waals surface area contributed by atoms with Crippen LogP contribution in [0.4, 0.5) is 5.95 Å². The second kappa shape index (κ2) is 5.17. The zero-order valence-corrected chi connectivity index (χ0v) is 12.5. The van der Waals surface area contributed by atoms with Crippen LogP contribution in [0, 0.1) is 0 Å². The SMILES string of the molecule is CSc1nc(N)nc(-c2ccccc2C(C)(C)C)n1. The first-order valence-corrected chi connectivity index (χ1v) is 7.29. The Morgan fingerprint density at radius 3 is 2.37 bits per heavy atom. The second-order valence-electron chi connectivity index (χ2n) is 5.30. The highest BCUT2D eigenvalue weighted by atomic mass is 32.2. The standard InChI is InChI=1S/C14H18N4S/c1-14(2,3)10-8-6-5-7-9(10)11-16-12(15)18-13(17-11)19-4/h5-8H,1-4H3,(H2,15,16,17,18). The minimum atomic E-state index is 0.0253. The van der Waals surface area contributed by atoms with E-state index >= 15 is 0 Å². The van der Waals surface area contributed by atoms with E-state index in [4.69, 9.17) is 5.73 Å². The van der Waals surface area contributed by atoms with Gasteiger partial charge in [0, 0.05) is 5.56 Å². The maximum Gasteiger partial charge on any atom is 0.224 e. The first-order chi connectivity index (χ1) is 8.91. The molecule has 1 heterocycles. The molecule has 0 aliphatic heterocycles. The Bertz CT molecular complexity index is 590. The van der Waals surface area contributed by atoms with E-state index in [1.54, 1.807) is 0 Å². The second-order valence-corrected chi connectivity index (χ2v) is 6.07. The van der Waals surface area contributed by atoms with Crippen molar-refractivity contribution in [3.8, 4) is 11.4 Å². The number of thioether (sulfide) groups is 1. The average molecular weight is 274 g/mol. The molecule has 0 bridgehead atoms. The molecule has 0 fully saturated rings. The molecule has 100 valence electrons. The molecule has 4 nitrogen and oxygen atoms in total. The van der Waals surface area contributed by atoms with E-state index in [1.807, 2.05) is 24.5 Å². The summed E-state index contributed by atoms with van der Waals surface area (Å²) in [6, 6.07) is 8.15. The Labute approximate surface area is 117 Å². The fourth-order valence-electron chi connectivity index (χ4n) is 1.92. The topological polar surface area (TPSA) is 64.7 Å². The number of rotatable bonds is 2. The van der Waals surface area contributed by atoms with Gasteiger partial charge in [-0.2, -0.15) is 9.97 Å². The summed E-state index contributed by atoms with van der Waals surface area (Å²) < 4.78 is 0. The number of nitrogens with zero attached hydrogens (tertiary/aromatic N) is 3. The van der Waals surface area contributed by atoms with Gasteiger partial charge in [0.05, 0.1) is 0 Å². The minimum absolute atomic E-state index is 0.0253. The van der Waals surface area contributed by atoms with Crippen LogP contribution in [0.2, 0.25) is 0 Å². The third-order valence-corrected chi connectivity index (χ3v) is 3.34. The number of hydrogen-bond acceptors (Lipinski definition) is 5. The number of benzene rings is 1. The molecule has 0 spiro atoms. The quantitative estimate of drug-likeness (QED) is 0.852. The molecule has 0 radical (unpaired) electrons. The van der Waals surface area contributed by atoms with Gasteiger partial charge in [0.2, 0.25) is 5.95 Å². The van der Waals surface area contributed by atoms with E-state index in [-0.39, 0.29) is 11.4 Å². The highest BCUT2D eigenvalue weighted by Crippen LogP contribution is 2.31. The van der Waals surface area contributed by atoms with Crippen LogP contribution in [0.3, 0.4) is 0 Å². The predicted molar refractivity (Wildman–Crippen MR) is 80.2 cm³/mol. The predicted octanol–water partition coefficient (Wildman–Crippen LogP) is 3.14. The van der Waals surface area contributed by atoms with Crippen LogP contribution in [0.25, 0.3) is 11.4 Å². The smallest absolute Gasteiger partial charge is 0.224 e. The van der Waals surface area contributed by atoms with Crippen molar-refractivity contribution in [2.24, 2.45) is 0 Å². The lowest BCUT2D eigenvalue weighted by Gasteiger charge is -2.22. The molecule has 0 aliphatic rings. The normalized spacial score (nSPS) is 11.6. The van der Waals surface area contributed by atoms with Crippen molar-refractivity contribution in [1.82, 2.24) is 15.0 Å². The molecule has 1 aromatic carbocycles. The Kier molecular flexibility index (Phi) is 3.75. The van der Waals surface area contributed by atoms with Crippen molar-refractivity contribution in [2.45, 2.75) is 31.3 Å². The van der Waals surface area contributed by atoms with Crippen LogP contribution in [0.1, 0.15) is 26.3 Å². The molecule has 0 saturated carbocycles. The molecule has 0 unspecified atom stereocenters. The Morgan fingerprint density at radius 1 is 1.05 bits per heavy atom. The third-order valence-electron chi connectivity index (χ3n) is 2.79. The molecule has 0 atom stereocenters. The molecular weight excluding hydrogens is 256 g/mol. The lowest BCUT2D eigenvalue weighted by Crippen LogP contribution is -2.13. The number of aromatic nitrogens is 3. The van der Waals surface area contributed by atoms with Crippen LogP contribution < -0.4 is 5.73 Å². The third kappa shape index (κ3) is 3.04. The number of nitrogens with two attached hydrogens (primary N) is 1. The Balaban J connectivity index is 2.62. The Morgan fingerprint density at radius 2 is 1.74 bits per heavy atom. The molecule has 2 aromatic rings. The first-order valence-electron chi connectivity index (χ1n) is 6.07. The molecule has 0 amide bonds. The summed E-state index contributed by atoms with van der Waals surface area (Å²) in [5, 5.41) is 0.645. The summed E-state index contributed by atoms with van der Waals surface area (Å²) in [5.41, 5.74) is 8.00. The molecule has 5 heteroatoms. The van der Waals surface area contributed by atoms with Crippen molar-refractivity contribution in [1.29, 1.82) is 0 Å². The van der Waals surface area contributed by atoms with Crippen LogP contribution in [0.5, 0.6) is 0 Å². The Hall–Kier alpha value is -1.62. The van der Waals surface area contributed by atoms with Gasteiger partial charge in [-0.1, -0.05) is 56.8 Å². The molecule has 1 aromatic heterocycles. The maximum absolute atomic E-state index is 5.76. The van der Waals surface area contributed by atoms with Crippen molar-refractivity contribution >= 4 is 17.7 Å². The monoisotopic (exact) mass is 274 g/mol. The van der Waals surface area contributed by atoms with Crippen molar-refractivity contribution in [3.63, 3.8) is 0 Å². The summed E-state index contributed by atoms with van der Waals surface area (Å²) in [4.78, 5) is 12.8. The molecule has 0 saturated heterocycles. The van der Waals surface area contributed by atoms with Gasteiger partial charge in [-0.15, -0.1) is 0 Å². The lowest BCUT2D eigenvalue weighted by atomic mass is 9.83. The van der Waals surface area contributed by atoms with Crippen molar-refractivity contribution in [3.05, 3.63) is 29.8 Å². The molecule has 0 aliphatic carbocycles. The fraction of sp³-hybridized carbons (Fsp3) is 0.357. The van der Waals surface area contributed by atoms with E-state index in [1.165, 1.54) is 17.3 Å². The number of nitrogen functional groups attached to an aromatic ring is 1. The molecule has 2 rings (SSSR count). The lowest BCUT2D eigenvalue weighted by molar-refractivity contribution is 0.591. The fourth-order valence-corrected chi connectivity index (χ4v) is 2.28. The highest BCUT2D eigenvalue weighted by molar-refractivity contribution is 7.98. The van der Waals surface area contributed by atoms with Gasteiger partial charge < -0.3 is 5.73 Å². The zero-order valence-electron chi connectivity index (χ0n) is 11.6. The van der Waals surface area contributed by atoms with Crippen molar-refractivity contribution < 1.29 is 0 Å². The van der Waals surface area contributed by atoms with Crippen LogP contribution in [-0.2, 0) is 5.41 Å². The summed E-state index contributed by atoms with van der Waals surface area (Å²) in [6.07, 6.45) is 1.92. The van der Waals surface area contributed by atoms with E-state index in [0.717, 1.165) is 5.56 Å². The van der Waals surface area contributed by atoms with Crippen LogP contribution >= 0.6 is 11.8 Å². The summed E-state index contributed by atoms with van der Waals surface area (Å²) in [5.74, 6) is 0.903. The number of anilines is 1. The van der Waals surface area contributed by atoms with E-state index in [9.17, 15) is 0 Å². The maximum atomic E-state index is 5.76. The van der Waals surface area contributed by atoms with Gasteiger partial charge in [-0.05, 0) is 17.2 Å². The van der Waals surface area contributed by atoms with Gasteiger partial charge in [0.15, 0.2) is 11.0 Å². The minimum Gasteiger partial charge on any atom is -0.368 e. The summed E-state index contributed by atoms with van der Waals surface area (Å²) in [7, 11) is 0. The van der Waals surface area contributed by atoms with Gasteiger partial charge in [0.1, 0.15) is 0 Å². The summed E-state index contributed by atoms with van der Waals surface area (Å²) >= 11 is 1.46. The molecule has 2 N–H and O–H groups in total.